The van der Waals surface area contributed by atoms with Crippen LogP contribution in [-0.2, 0) is 18.9 Å². The van der Waals surface area contributed by atoms with Gasteiger partial charge in [0.25, 0.3) is 0 Å². The van der Waals surface area contributed by atoms with Gasteiger partial charge in [0.05, 0.1) is 38.6 Å². The van der Waals surface area contributed by atoms with Crippen molar-refractivity contribution in [3.63, 3.8) is 0 Å². The highest BCUT2D eigenvalue weighted by Crippen LogP contribution is 2.08. The summed E-state index contributed by atoms with van der Waals surface area (Å²) in [7, 11) is 3.48. The smallest absolute Gasteiger partial charge is 0.0724 e. The Morgan fingerprint density at radius 3 is 2.52 bits per heavy atom. The van der Waals surface area contributed by atoms with Gasteiger partial charge in [0.15, 0.2) is 0 Å². The van der Waals surface area contributed by atoms with Crippen molar-refractivity contribution in [2.45, 2.75) is 32.4 Å². The Labute approximate surface area is 142 Å². The van der Waals surface area contributed by atoms with Gasteiger partial charge in [-0.3, -0.25) is 9.80 Å². The number of hydrogen-bond acceptors (Lipinski definition) is 6. The van der Waals surface area contributed by atoms with E-state index in [0.717, 1.165) is 72.2 Å². The van der Waals surface area contributed by atoms with Gasteiger partial charge < -0.3 is 18.9 Å². The van der Waals surface area contributed by atoms with E-state index in [1.807, 2.05) is 0 Å². The molecule has 0 radical (unpaired) electrons. The number of likely N-dealkylation sites (N-methyl/N-ethyl adjacent to an activating group) is 2. The summed E-state index contributed by atoms with van der Waals surface area (Å²) in [6, 6.07) is 0.471. The summed E-state index contributed by atoms with van der Waals surface area (Å²) in [6.45, 7) is 14.0. The fraction of sp³-hybridized carbons (Fsp3) is 1.00. The van der Waals surface area contributed by atoms with E-state index in [1.165, 1.54) is 0 Å². The normalized spacial score (nSPS) is 26.6. The number of hydrogen-bond donors (Lipinski definition) is 0. The van der Waals surface area contributed by atoms with Gasteiger partial charge in [-0.15, -0.1) is 0 Å². The van der Waals surface area contributed by atoms with Crippen LogP contribution in [0.4, 0.5) is 0 Å². The van der Waals surface area contributed by atoms with Crippen molar-refractivity contribution in [2.75, 3.05) is 80.0 Å². The number of rotatable bonds is 7. The minimum atomic E-state index is 0.388. The average molecular weight is 332 g/mol. The maximum absolute atomic E-state index is 5.59. The molecule has 2 fully saturated rings. The Morgan fingerprint density at radius 1 is 1.04 bits per heavy atom. The molecular formula is C17H36N2O4. The summed E-state index contributed by atoms with van der Waals surface area (Å²) in [5.41, 5.74) is 0. The molecule has 2 aliphatic rings. The first kappa shape index (κ1) is 20.8. The van der Waals surface area contributed by atoms with E-state index in [-0.39, 0.29) is 0 Å². The van der Waals surface area contributed by atoms with Gasteiger partial charge in [-0.1, -0.05) is 13.8 Å². The summed E-state index contributed by atoms with van der Waals surface area (Å²) in [5.74, 6) is 0. The zero-order chi connectivity index (χ0) is 16.9. The Morgan fingerprint density at radius 2 is 1.87 bits per heavy atom. The molecule has 0 bridgehead atoms. The molecule has 0 aromatic heterocycles. The first-order chi connectivity index (χ1) is 11.2. The maximum Gasteiger partial charge on any atom is 0.0724 e. The van der Waals surface area contributed by atoms with Gasteiger partial charge in [-0.25, -0.2) is 0 Å². The lowest BCUT2D eigenvalue weighted by molar-refractivity contribution is -0.0390. The molecule has 0 aromatic carbocycles. The Hall–Kier alpha value is -0.240. The lowest BCUT2D eigenvalue weighted by Crippen LogP contribution is -2.47. The third kappa shape index (κ3) is 8.42. The summed E-state index contributed by atoms with van der Waals surface area (Å²) in [6.07, 6.45) is 1.41. The van der Waals surface area contributed by atoms with Crippen LogP contribution in [-0.4, -0.2) is 102 Å². The van der Waals surface area contributed by atoms with Crippen molar-refractivity contribution in [2.24, 2.45) is 0 Å². The molecule has 0 spiro atoms. The minimum absolute atomic E-state index is 0.388. The predicted molar refractivity (Wildman–Crippen MR) is 92.1 cm³/mol. The van der Waals surface area contributed by atoms with Crippen LogP contribution in [0.1, 0.15) is 20.3 Å². The molecule has 0 aliphatic carbocycles. The van der Waals surface area contributed by atoms with E-state index in [4.69, 9.17) is 18.9 Å². The van der Waals surface area contributed by atoms with Crippen LogP contribution < -0.4 is 0 Å². The van der Waals surface area contributed by atoms with Crippen LogP contribution in [0.15, 0.2) is 0 Å². The lowest BCUT2D eigenvalue weighted by atomic mass is 10.2. The van der Waals surface area contributed by atoms with E-state index in [9.17, 15) is 0 Å². The molecule has 2 heterocycles. The van der Waals surface area contributed by atoms with Crippen LogP contribution in [0.2, 0.25) is 0 Å². The van der Waals surface area contributed by atoms with Gasteiger partial charge in [-0.05, 0) is 19.5 Å². The minimum Gasteiger partial charge on any atom is -0.385 e. The number of methoxy groups -OCH3 is 2. The average Bonchev–Trinajstić information content (AvgIpc) is 2.61. The molecule has 2 aliphatic heterocycles. The molecule has 2 atom stereocenters. The van der Waals surface area contributed by atoms with E-state index in [1.54, 1.807) is 14.2 Å². The van der Waals surface area contributed by atoms with E-state index in [2.05, 4.69) is 23.6 Å². The molecule has 0 N–H and O–H groups in total. The van der Waals surface area contributed by atoms with Crippen molar-refractivity contribution in [1.82, 2.24) is 9.80 Å². The van der Waals surface area contributed by atoms with Gasteiger partial charge in [0.1, 0.15) is 0 Å². The van der Waals surface area contributed by atoms with Crippen molar-refractivity contribution in [1.29, 1.82) is 0 Å². The SMILES string of the molecule is CCN1CCOC(CCOC)C1.CCN1CCOCC1COC. The van der Waals surface area contributed by atoms with Crippen molar-refractivity contribution in [3.05, 3.63) is 0 Å². The van der Waals surface area contributed by atoms with Gasteiger partial charge in [0.2, 0.25) is 0 Å². The number of ether oxygens (including phenoxy) is 4. The Balaban J connectivity index is 0.000000231. The number of morpholine rings is 2. The van der Waals surface area contributed by atoms with E-state index < -0.39 is 0 Å². The molecule has 0 aromatic rings. The highest BCUT2D eigenvalue weighted by atomic mass is 16.5. The van der Waals surface area contributed by atoms with Crippen LogP contribution >= 0.6 is 0 Å². The Bertz CT molecular complexity index is 279. The highest BCUT2D eigenvalue weighted by Gasteiger charge is 2.20. The van der Waals surface area contributed by atoms with E-state index >= 15 is 0 Å². The van der Waals surface area contributed by atoms with Gasteiger partial charge >= 0.3 is 0 Å². The zero-order valence-corrected chi connectivity index (χ0v) is 15.5. The van der Waals surface area contributed by atoms with Crippen molar-refractivity contribution >= 4 is 0 Å². The second kappa shape index (κ2) is 13.1. The second-order valence-corrected chi connectivity index (χ2v) is 5.98. The van der Waals surface area contributed by atoms with Crippen LogP contribution in [0.25, 0.3) is 0 Å². The fourth-order valence-corrected chi connectivity index (χ4v) is 2.94. The zero-order valence-electron chi connectivity index (χ0n) is 15.5. The molecule has 2 unspecified atom stereocenters. The quantitative estimate of drug-likeness (QED) is 0.695. The largest absolute Gasteiger partial charge is 0.385 e. The third-order valence-electron chi connectivity index (χ3n) is 4.43. The van der Waals surface area contributed by atoms with Crippen LogP contribution in [0.3, 0.4) is 0 Å². The van der Waals surface area contributed by atoms with Gasteiger partial charge in [-0.2, -0.15) is 0 Å². The van der Waals surface area contributed by atoms with Gasteiger partial charge in [0, 0.05) is 40.5 Å². The molecule has 2 rings (SSSR count). The Kier molecular flexibility index (Phi) is 11.8. The van der Waals surface area contributed by atoms with Crippen LogP contribution in [0, 0.1) is 0 Å². The maximum atomic E-state index is 5.59. The molecule has 6 heteroatoms. The molecular weight excluding hydrogens is 296 g/mol. The number of nitrogens with zero attached hydrogens (tertiary/aromatic N) is 2. The first-order valence-corrected chi connectivity index (χ1v) is 8.88. The highest BCUT2D eigenvalue weighted by molar-refractivity contribution is 4.73. The van der Waals surface area contributed by atoms with Crippen molar-refractivity contribution < 1.29 is 18.9 Å². The molecule has 0 saturated carbocycles. The second-order valence-electron chi connectivity index (χ2n) is 5.98. The predicted octanol–water partition coefficient (Wildman–Crippen LogP) is 1.10. The third-order valence-corrected chi connectivity index (χ3v) is 4.43. The topological polar surface area (TPSA) is 43.4 Å². The standard InChI is InChI=1S/C9H19NO2.C8H17NO2/c1-3-10-5-7-12-9(8-10)4-6-11-2;1-3-9-4-5-11-7-8(9)6-10-2/h9H,3-8H2,1-2H3;8H,3-7H2,1-2H3. The van der Waals surface area contributed by atoms with Crippen molar-refractivity contribution in [3.8, 4) is 0 Å². The molecule has 0 amide bonds. The fourth-order valence-electron chi connectivity index (χ4n) is 2.94. The monoisotopic (exact) mass is 332 g/mol. The summed E-state index contributed by atoms with van der Waals surface area (Å²) < 4.78 is 21.0. The van der Waals surface area contributed by atoms with Crippen LogP contribution in [0.5, 0.6) is 0 Å². The lowest BCUT2D eigenvalue weighted by Gasteiger charge is -2.34. The molecule has 6 nitrogen and oxygen atoms in total. The van der Waals surface area contributed by atoms with E-state index in [0.29, 0.717) is 12.1 Å². The molecule has 23 heavy (non-hydrogen) atoms. The summed E-state index contributed by atoms with van der Waals surface area (Å²) in [5, 5.41) is 0. The summed E-state index contributed by atoms with van der Waals surface area (Å²) in [4.78, 5) is 4.82. The first-order valence-electron chi connectivity index (χ1n) is 8.88. The molecule has 2 saturated heterocycles. The molecule has 138 valence electrons. The summed E-state index contributed by atoms with van der Waals surface area (Å²) >= 11 is 0.